The van der Waals surface area contributed by atoms with Crippen LogP contribution in [0.3, 0.4) is 0 Å². The van der Waals surface area contributed by atoms with E-state index in [0.717, 1.165) is 4.88 Å². The van der Waals surface area contributed by atoms with E-state index in [1.54, 1.807) is 13.0 Å². The van der Waals surface area contributed by atoms with Gasteiger partial charge in [-0.25, -0.2) is 13.9 Å². The molecule has 3 rings (SSSR count). The number of halogens is 1. The van der Waals surface area contributed by atoms with Gasteiger partial charge in [0.05, 0.1) is 10.6 Å². The molecular weight excluding hydrogens is 291 g/mol. The summed E-state index contributed by atoms with van der Waals surface area (Å²) in [7, 11) is 0. The predicted octanol–water partition coefficient (Wildman–Crippen LogP) is 3.75. The number of nitrogens with zero attached hydrogens (tertiary/aromatic N) is 2. The van der Waals surface area contributed by atoms with Crippen molar-refractivity contribution < 1.29 is 14.3 Å². The molecule has 0 aliphatic rings. The van der Waals surface area contributed by atoms with Crippen LogP contribution >= 0.6 is 11.3 Å². The van der Waals surface area contributed by atoms with Crippen LogP contribution in [0.5, 0.6) is 0 Å². The molecular formula is C15H11FN2O2S. The summed E-state index contributed by atoms with van der Waals surface area (Å²) < 4.78 is 14.7. The summed E-state index contributed by atoms with van der Waals surface area (Å²) in [6, 6.07) is 7.97. The van der Waals surface area contributed by atoms with E-state index in [2.05, 4.69) is 5.10 Å². The van der Waals surface area contributed by atoms with Crippen LogP contribution in [0.1, 0.15) is 15.9 Å². The largest absolute Gasteiger partial charge is 0.478 e. The van der Waals surface area contributed by atoms with Crippen LogP contribution in [0.25, 0.3) is 16.3 Å². The van der Waals surface area contributed by atoms with Crippen molar-refractivity contribution in [3.8, 4) is 16.3 Å². The molecule has 0 aliphatic heterocycles. The highest BCUT2D eigenvalue weighted by Gasteiger charge is 2.19. The molecule has 0 bridgehead atoms. The third kappa shape index (κ3) is 2.45. The third-order valence-corrected chi connectivity index (χ3v) is 3.98. The quantitative estimate of drug-likeness (QED) is 0.801. The molecule has 4 nitrogen and oxygen atoms in total. The summed E-state index contributed by atoms with van der Waals surface area (Å²) in [6.45, 7) is 1.76. The second kappa shape index (κ2) is 5.14. The number of aryl methyl sites for hydroxylation is 1. The fourth-order valence-corrected chi connectivity index (χ4v) is 2.85. The highest BCUT2D eigenvalue weighted by molar-refractivity contribution is 7.13. The van der Waals surface area contributed by atoms with Gasteiger partial charge in [0, 0.05) is 6.20 Å². The van der Waals surface area contributed by atoms with Crippen molar-refractivity contribution in [2.24, 2.45) is 0 Å². The Balaban J connectivity index is 2.17. The fourth-order valence-electron chi connectivity index (χ4n) is 2.13. The lowest BCUT2D eigenvalue weighted by Gasteiger charge is -2.05. The molecule has 0 aliphatic carbocycles. The van der Waals surface area contributed by atoms with Gasteiger partial charge in [-0.15, -0.1) is 11.3 Å². The number of carboxylic acids is 1. The molecule has 0 saturated carbocycles. The number of rotatable bonds is 3. The maximum Gasteiger partial charge on any atom is 0.339 e. The minimum Gasteiger partial charge on any atom is -0.478 e. The Labute approximate surface area is 124 Å². The van der Waals surface area contributed by atoms with Crippen LogP contribution in [0.2, 0.25) is 0 Å². The molecule has 1 N–H and O–H groups in total. The van der Waals surface area contributed by atoms with Crippen molar-refractivity contribution in [3.05, 3.63) is 58.9 Å². The molecule has 0 amide bonds. The lowest BCUT2D eigenvalue weighted by atomic mass is 10.2. The van der Waals surface area contributed by atoms with Crippen molar-refractivity contribution in [2.45, 2.75) is 6.92 Å². The topological polar surface area (TPSA) is 55.1 Å². The zero-order valence-corrected chi connectivity index (χ0v) is 11.9. The van der Waals surface area contributed by atoms with Gasteiger partial charge in [0.1, 0.15) is 17.1 Å². The van der Waals surface area contributed by atoms with Gasteiger partial charge in [0.2, 0.25) is 0 Å². The number of hydrogen-bond donors (Lipinski definition) is 1. The second-order valence-electron chi connectivity index (χ2n) is 4.55. The molecule has 0 unspecified atom stereocenters. The first-order chi connectivity index (χ1) is 10.1. The van der Waals surface area contributed by atoms with Crippen LogP contribution in [0.4, 0.5) is 4.39 Å². The summed E-state index contributed by atoms with van der Waals surface area (Å²) in [5.74, 6) is -1.37. The van der Waals surface area contributed by atoms with Crippen molar-refractivity contribution in [3.63, 3.8) is 0 Å². The zero-order valence-electron chi connectivity index (χ0n) is 11.1. The maximum atomic E-state index is 13.2. The number of carboxylic acid groups (broad SMARTS) is 1. The van der Waals surface area contributed by atoms with E-state index >= 15 is 0 Å². The molecule has 3 aromatic rings. The molecule has 2 aromatic heterocycles. The molecule has 0 atom stereocenters. The Hall–Kier alpha value is -2.47. The second-order valence-corrected chi connectivity index (χ2v) is 5.50. The van der Waals surface area contributed by atoms with Crippen LogP contribution in [-0.4, -0.2) is 20.9 Å². The summed E-state index contributed by atoms with van der Waals surface area (Å²) in [4.78, 5) is 12.2. The van der Waals surface area contributed by atoms with Crippen molar-refractivity contribution in [1.29, 1.82) is 0 Å². The normalized spacial score (nSPS) is 10.8. The highest BCUT2D eigenvalue weighted by atomic mass is 32.1. The molecule has 21 heavy (non-hydrogen) atoms. The number of carbonyl (C=O) groups is 1. The van der Waals surface area contributed by atoms with E-state index in [4.69, 9.17) is 0 Å². The maximum absolute atomic E-state index is 13.2. The van der Waals surface area contributed by atoms with Crippen molar-refractivity contribution in [2.75, 3.05) is 0 Å². The lowest BCUT2D eigenvalue weighted by Crippen LogP contribution is -1.98. The number of hydrogen-bond acceptors (Lipinski definition) is 3. The third-order valence-electron chi connectivity index (χ3n) is 3.10. The van der Waals surface area contributed by atoms with Gasteiger partial charge in [-0.3, -0.25) is 0 Å². The van der Waals surface area contributed by atoms with Crippen LogP contribution in [-0.2, 0) is 0 Å². The summed E-state index contributed by atoms with van der Waals surface area (Å²) in [6.07, 6.45) is 1.46. The molecule has 6 heteroatoms. The van der Waals surface area contributed by atoms with Crippen molar-refractivity contribution >= 4 is 17.3 Å². The Bertz CT molecular complexity index is 809. The van der Waals surface area contributed by atoms with Gasteiger partial charge in [0.25, 0.3) is 0 Å². The SMILES string of the molecule is Cc1cc(F)ccc1-n1cc(C(=O)O)c(-c2cccs2)n1. The zero-order chi connectivity index (χ0) is 15.0. The number of aromatic nitrogens is 2. The summed E-state index contributed by atoms with van der Waals surface area (Å²) in [5, 5.41) is 15.6. The number of thiophene rings is 1. The first-order valence-electron chi connectivity index (χ1n) is 6.19. The van der Waals surface area contributed by atoms with E-state index in [0.29, 0.717) is 16.9 Å². The van der Waals surface area contributed by atoms with Gasteiger partial charge in [-0.05, 0) is 42.1 Å². The molecule has 106 valence electrons. The molecule has 0 radical (unpaired) electrons. The van der Waals surface area contributed by atoms with Gasteiger partial charge in [-0.2, -0.15) is 5.10 Å². The average Bonchev–Trinajstić information content (AvgIpc) is 3.07. The number of benzene rings is 1. The Morgan fingerprint density at radius 3 is 2.81 bits per heavy atom. The fraction of sp³-hybridized carbons (Fsp3) is 0.0667. The Kier molecular flexibility index (Phi) is 3.31. The van der Waals surface area contributed by atoms with Crippen LogP contribution < -0.4 is 0 Å². The first-order valence-corrected chi connectivity index (χ1v) is 7.07. The highest BCUT2D eigenvalue weighted by Crippen LogP contribution is 2.28. The Morgan fingerprint density at radius 2 is 2.19 bits per heavy atom. The minimum absolute atomic E-state index is 0.126. The summed E-state index contributed by atoms with van der Waals surface area (Å²) >= 11 is 1.42. The number of aromatic carboxylic acids is 1. The van der Waals surface area contributed by atoms with Crippen LogP contribution in [0.15, 0.2) is 41.9 Å². The van der Waals surface area contributed by atoms with E-state index in [-0.39, 0.29) is 11.4 Å². The smallest absolute Gasteiger partial charge is 0.339 e. The first kappa shape index (κ1) is 13.5. The monoisotopic (exact) mass is 302 g/mol. The molecule has 0 spiro atoms. The molecule has 1 aromatic carbocycles. The van der Waals surface area contributed by atoms with Crippen molar-refractivity contribution in [1.82, 2.24) is 9.78 Å². The van der Waals surface area contributed by atoms with Gasteiger partial charge in [0.15, 0.2) is 0 Å². The van der Waals surface area contributed by atoms with Gasteiger partial charge >= 0.3 is 5.97 Å². The van der Waals surface area contributed by atoms with E-state index in [1.807, 2.05) is 17.5 Å². The molecule has 2 heterocycles. The minimum atomic E-state index is -1.04. The van der Waals surface area contributed by atoms with E-state index in [1.165, 1.54) is 34.3 Å². The standard InChI is InChI=1S/C15H11FN2O2S/c1-9-7-10(16)4-5-12(9)18-8-11(15(19)20)14(17-18)13-3-2-6-21-13/h2-8H,1H3,(H,19,20). The predicted molar refractivity (Wildman–Crippen MR) is 78.5 cm³/mol. The Morgan fingerprint density at radius 1 is 1.38 bits per heavy atom. The summed E-state index contributed by atoms with van der Waals surface area (Å²) in [5.41, 5.74) is 1.89. The van der Waals surface area contributed by atoms with Gasteiger partial charge < -0.3 is 5.11 Å². The molecule has 0 saturated heterocycles. The molecule has 0 fully saturated rings. The average molecular weight is 302 g/mol. The van der Waals surface area contributed by atoms with E-state index < -0.39 is 5.97 Å². The van der Waals surface area contributed by atoms with E-state index in [9.17, 15) is 14.3 Å². The lowest BCUT2D eigenvalue weighted by molar-refractivity contribution is 0.0697. The van der Waals surface area contributed by atoms with Gasteiger partial charge in [-0.1, -0.05) is 6.07 Å². The van der Waals surface area contributed by atoms with Crippen LogP contribution in [0, 0.1) is 12.7 Å².